The molecular weight excluding hydrogens is 428 g/mol. The van der Waals surface area contributed by atoms with Crippen LogP contribution in [0.1, 0.15) is 27.9 Å². The van der Waals surface area contributed by atoms with E-state index < -0.39 is 0 Å². The molecule has 2 aliphatic rings. The van der Waals surface area contributed by atoms with Gasteiger partial charge in [-0.2, -0.15) is 0 Å². The molecule has 7 heteroatoms. The van der Waals surface area contributed by atoms with Crippen molar-refractivity contribution >= 4 is 22.7 Å². The van der Waals surface area contributed by atoms with Crippen molar-refractivity contribution in [2.24, 2.45) is 0 Å². The zero-order valence-corrected chi connectivity index (χ0v) is 19.3. The maximum absolute atomic E-state index is 12.7. The average Bonchev–Trinajstić information content (AvgIpc) is 3.40. The molecule has 34 heavy (non-hydrogen) atoms. The van der Waals surface area contributed by atoms with Gasteiger partial charge in [0.15, 0.2) is 0 Å². The molecule has 1 fully saturated rings. The van der Waals surface area contributed by atoms with E-state index in [2.05, 4.69) is 64.3 Å². The van der Waals surface area contributed by atoms with Crippen molar-refractivity contribution < 1.29 is 9.47 Å². The maximum atomic E-state index is 12.7. The van der Waals surface area contributed by atoms with E-state index >= 15 is 0 Å². The van der Waals surface area contributed by atoms with Crippen molar-refractivity contribution in [3.8, 4) is 5.75 Å². The SMILES string of the molecule is Cc1ccc2c(c1)OCc1[nH]ccc1C2=Cc1ccc2c(c1)[nH]c(=O)n2CCN1CCOCC1. The third-order valence-electron chi connectivity index (χ3n) is 6.77. The zero-order chi connectivity index (χ0) is 23.1. The van der Waals surface area contributed by atoms with Gasteiger partial charge in [0.2, 0.25) is 0 Å². The molecule has 0 bridgehead atoms. The van der Waals surface area contributed by atoms with E-state index in [0.29, 0.717) is 13.2 Å². The van der Waals surface area contributed by atoms with Crippen molar-refractivity contribution in [2.45, 2.75) is 20.1 Å². The van der Waals surface area contributed by atoms with E-state index in [9.17, 15) is 4.79 Å². The van der Waals surface area contributed by atoms with Gasteiger partial charge in [0, 0.05) is 43.5 Å². The first-order valence-corrected chi connectivity index (χ1v) is 11.8. The minimum atomic E-state index is -0.0651. The van der Waals surface area contributed by atoms with Gasteiger partial charge in [-0.15, -0.1) is 0 Å². The van der Waals surface area contributed by atoms with Gasteiger partial charge >= 0.3 is 5.69 Å². The van der Waals surface area contributed by atoms with Crippen molar-refractivity contribution in [2.75, 3.05) is 32.8 Å². The molecule has 0 spiro atoms. The largest absolute Gasteiger partial charge is 0.487 e. The van der Waals surface area contributed by atoms with Gasteiger partial charge in [0.05, 0.1) is 29.9 Å². The number of hydrogen-bond donors (Lipinski definition) is 2. The number of hydrogen-bond acceptors (Lipinski definition) is 4. The number of aromatic amines is 2. The molecule has 4 heterocycles. The Morgan fingerprint density at radius 3 is 2.79 bits per heavy atom. The highest BCUT2D eigenvalue weighted by Crippen LogP contribution is 2.38. The van der Waals surface area contributed by atoms with Crippen LogP contribution in [0.2, 0.25) is 0 Å². The molecule has 6 rings (SSSR count). The minimum absolute atomic E-state index is 0.0651. The quantitative estimate of drug-likeness (QED) is 0.490. The first-order valence-electron chi connectivity index (χ1n) is 11.8. The highest BCUT2D eigenvalue weighted by molar-refractivity contribution is 5.95. The number of nitrogens with zero attached hydrogens (tertiary/aromatic N) is 2. The molecule has 4 aromatic rings. The summed E-state index contributed by atoms with van der Waals surface area (Å²) in [5, 5.41) is 0. The van der Waals surface area contributed by atoms with Gasteiger partial charge in [-0.3, -0.25) is 9.47 Å². The Labute approximate surface area is 197 Å². The number of rotatable bonds is 4. The maximum Gasteiger partial charge on any atom is 0.326 e. The fourth-order valence-electron chi connectivity index (χ4n) is 4.92. The Morgan fingerprint density at radius 2 is 1.91 bits per heavy atom. The Bertz CT molecular complexity index is 1440. The number of nitrogens with one attached hydrogen (secondary N) is 2. The molecule has 0 radical (unpaired) electrons. The number of benzene rings is 2. The summed E-state index contributed by atoms with van der Waals surface area (Å²) in [5.74, 6) is 0.889. The minimum Gasteiger partial charge on any atom is -0.487 e. The summed E-state index contributed by atoms with van der Waals surface area (Å²) in [4.78, 5) is 21.4. The van der Waals surface area contributed by atoms with Crippen LogP contribution in [-0.4, -0.2) is 52.3 Å². The smallest absolute Gasteiger partial charge is 0.326 e. The highest BCUT2D eigenvalue weighted by Gasteiger charge is 2.20. The first-order chi connectivity index (χ1) is 16.7. The second-order valence-corrected chi connectivity index (χ2v) is 9.03. The number of imidazole rings is 1. The molecule has 2 aromatic carbocycles. The van der Waals surface area contributed by atoms with Gasteiger partial charge in [0.1, 0.15) is 12.4 Å². The Morgan fingerprint density at radius 1 is 1.03 bits per heavy atom. The van der Waals surface area contributed by atoms with Crippen LogP contribution in [-0.2, 0) is 17.9 Å². The number of morpholine rings is 1. The lowest BCUT2D eigenvalue weighted by Crippen LogP contribution is -2.39. The van der Waals surface area contributed by atoms with Crippen molar-refractivity contribution in [1.29, 1.82) is 0 Å². The molecule has 174 valence electrons. The number of aromatic nitrogens is 3. The Balaban J connectivity index is 1.37. The van der Waals surface area contributed by atoms with Crippen LogP contribution in [0.25, 0.3) is 22.7 Å². The summed E-state index contributed by atoms with van der Waals surface area (Å²) < 4.78 is 13.4. The Kier molecular flexibility index (Phi) is 5.36. The van der Waals surface area contributed by atoms with E-state index in [1.807, 2.05) is 16.8 Å². The second kappa shape index (κ2) is 8.66. The van der Waals surface area contributed by atoms with E-state index in [1.54, 1.807) is 0 Å². The topological polar surface area (TPSA) is 75.3 Å². The summed E-state index contributed by atoms with van der Waals surface area (Å²) in [7, 11) is 0. The van der Waals surface area contributed by atoms with E-state index in [-0.39, 0.29) is 5.69 Å². The lowest BCUT2D eigenvalue weighted by atomic mass is 9.95. The predicted octanol–water partition coefficient (Wildman–Crippen LogP) is 3.78. The van der Waals surface area contributed by atoms with E-state index in [4.69, 9.17) is 9.47 Å². The van der Waals surface area contributed by atoms with Crippen molar-refractivity contribution in [3.63, 3.8) is 0 Å². The first kappa shape index (κ1) is 21.0. The van der Waals surface area contributed by atoms with E-state index in [0.717, 1.165) is 77.6 Å². The molecule has 0 unspecified atom stereocenters. The molecule has 7 nitrogen and oxygen atoms in total. The van der Waals surface area contributed by atoms with Crippen LogP contribution in [0, 0.1) is 6.92 Å². The average molecular weight is 457 g/mol. The molecular formula is C27H28N4O3. The standard InChI is InChI=1S/C27H28N4O3/c1-18-2-4-21-22(20-6-7-28-24(20)17-34-26(21)14-18)15-19-3-5-25-23(16-19)29-27(32)31(25)9-8-30-10-12-33-13-11-30/h2-7,14-16,28H,8-13,17H2,1H3,(H,29,32). The fraction of sp³-hybridized carbons (Fsp3) is 0.296. The zero-order valence-electron chi connectivity index (χ0n) is 19.3. The van der Waals surface area contributed by atoms with Gasteiger partial charge in [0.25, 0.3) is 0 Å². The van der Waals surface area contributed by atoms with Crippen LogP contribution in [0.4, 0.5) is 0 Å². The monoisotopic (exact) mass is 456 g/mol. The van der Waals surface area contributed by atoms with Crippen LogP contribution < -0.4 is 10.4 Å². The molecule has 2 N–H and O–H groups in total. The Hall–Kier alpha value is -3.55. The molecule has 1 saturated heterocycles. The summed E-state index contributed by atoms with van der Waals surface area (Å²) in [6.07, 6.45) is 4.13. The summed E-state index contributed by atoms with van der Waals surface area (Å²) >= 11 is 0. The van der Waals surface area contributed by atoms with Gasteiger partial charge in [-0.25, -0.2) is 4.79 Å². The third-order valence-corrected chi connectivity index (χ3v) is 6.77. The number of ether oxygens (including phenoxy) is 2. The molecule has 2 aromatic heterocycles. The third kappa shape index (κ3) is 3.87. The van der Waals surface area contributed by atoms with Crippen molar-refractivity contribution in [1.82, 2.24) is 19.4 Å². The molecule has 0 amide bonds. The lowest BCUT2D eigenvalue weighted by molar-refractivity contribution is 0.0364. The van der Waals surface area contributed by atoms with Crippen LogP contribution >= 0.6 is 0 Å². The molecule has 0 aliphatic carbocycles. The van der Waals surface area contributed by atoms with Gasteiger partial charge in [-0.1, -0.05) is 18.2 Å². The fourth-order valence-corrected chi connectivity index (χ4v) is 4.92. The normalized spacial score (nSPS) is 17.4. The number of H-pyrrole nitrogens is 2. The second-order valence-electron chi connectivity index (χ2n) is 9.03. The lowest BCUT2D eigenvalue weighted by Gasteiger charge is -2.26. The summed E-state index contributed by atoms with van der Waals surface area (Å²) in [6.45, 7) is 7.44. The van der Waals surface area contributed by atoms with Crippen LogP contribution in [0.3, 0.4) is 0 Å². The van der Waals surface area contributed by atoms with E-state index in [1.165, 1.54) is 5.56 Å². The summed E-state index contributed by atoms with van der Waals surface area (Å²) in [6, 6.07) is 14.6. The molecule has 2 aliphatic heterocycles. The summed E-state index contributed by atoms with van der Waals surface area (Å²) in [5.41, 5.74) is 8.30. The van der Waals surface area contributed by atoms with Gasteiger partial charge < -0.3 is 19.4 Å². The van der Waals surface area contributed by atoms with Crippen LogP contribution in [0.15, 0.2) is 53.5 Å². The molecule has 0 atom stereocenters. The number of fused-ring (bicyclic) bond motifs is 3. The molecule has 0 saturated carbocycles. The van der Waals surface area contributed by atoms with Crippen molar-refractivity contribution in [3.05, 3.63) is 87.1 Å². The van der Waals surface area contributed by atoms with Gasteiger partial charge in [-0.05, 0) is 54.0 Å². The predicted molar refractivity (Wildman–Crippen MR) is 133 cm³/mol. The van der Waals surface area contributed by atoms with Crippen LogP contribution in [0.5, 0.6) is 5.75 Å². The highest BCUT2D eigenvalue weighted by atomic mass is 16.5. The number of aryl methyl sites for hydroxylation is 1.